The van der Waals surface area contributed by atoms with Crippen LogP contribution in [0.3, 0.4) is 0 Å². The summed E-state index contributed by atoms with van der Waals surface area (Å²) in [7, 11) is 0. The second-order valence-electron chi connectivity index (χ2n) is 7.51. The van der Waals surface area contributed by atoms with Gasteiger partial charge in [0, 0.05) is 11.1 Å². The lowest BCUT2D eigenvalue weighted by molar-refractivity contribution is -0.132. The zero-order valence-electron chi connectivity index (χ0n) is 17.9. The van der Waals surface area contributed by atoms with Crippen LogP contribution in [-0.2, 0) is 9.59 Å². The number of Topliss-reactive ketones (excluding diaryl/α,β-unsaturated/α-hetero) is 2. The number of hydrogen-bond donors (Lipinski definition) is 0. The molecule has 0 aromatic carbocycles. The molecule has 2 heteroatoms. The average Bonchev–Trinajstić information content (AvgIpc) is 2.62. The number of ketones is 2. The molecule has 0 N–H and O–H groups in total. The van der Waals surface area contributed by atoms with Crippen molar-refractivity contribution in [1.29, 1.82) is 0 Å². The highest BCUT2D eigenvalue weighted by atomic mass is 16.2. The van der Waals surface area contributed by atoms with E-state index in [-0.39, 0.29) is 0 Å². The summed E-state index contributed by atoms with van der Waals surface area (Å²) in [6.45, 7) is 22.9. The summed E-state index contributed by atoms with van der Waals surface area (Å²) in [6.07, 6.45) is 17.8. The molecular formula is C27H30O2. The highest BCUT2D eigenvalue weighted by Crippen LogP contribution is 2.37. The fourth-order valence-electron chi connectivity index (χ4n) is 2.56. The van der Waals surface area contributed by atoms with Crippen LogP contribution < -0.4 is 0 Å². The Morgan fingerprint density at radius 1 is 0.690 bits per heavy atom. The number of carbonyl (C=O) groups is 2. The molecule has 0 unspecified atom stereocenters. The van der Waals surface area contributed by atoms with Gasteiger partial charge in [-0.05, 0) is 27.7 Å². The van der Waals surface area contributed by atoms with Gasteiger partial charge < -0.3 is 0 Å². The van der Waals surface area contributed by atoms with Gasteiger partial charge in [0.25, 0.3) is 0 Å². The van der Waals surface area contributed by atoms with E-state index in [9.17, 15) is 9.59 Å². The van der Waals surface area contributed by atoms with Crippen LogP contribution >= 0.6 is 0 Å². The van der Waals surface area contributed by atoms with Gasteiger partial charge in [-0.1, -0.05) is 109 Å². The van der Waals surface area contributed by atoms with Gasteiger partial charge in [-0.2, -0.15) is 0 Å². The number of allylic oxidation sites excluding steroid dienone is 16. The van der Waals surface area contributed by atoms with Gasteiger partial charge in [0.05, 0.1) is 5.41 Å². The maximum absolute atomic E-state index is 13.1. The molecule has 0 atom stereocenters. The topological polar surface area (TPSA) is 34.1 Å². The SMILES string of the molecule is C=C(C)C=CC1=CC=C(C(C=CC(=C)C)(C=CC(=C)C)C=CC(=C)C)C(=O)C1=O. The first-order chi connectivity index (χ1) is 13.5. The molecule has 0 heterocycles. The Hall–Kier alpha value is -3.26. The standard InChI is InChI=1S/C27H30O2/c1-19(2)9-10-23-11-12-24(26(29)25(23)28)27(16-13-20(3)4,17-14-21(5)6)18-15-22(7)8/h9-18H,1,3,5,7H2,2,4,6,8H3. The van der Waals surface area contributed by atoms with Crippen molar-refractivity contribution in [1.82, 2.24) is 0 Å². The Balaban J connectivity index is 3.73. The lowest BCUT2D eigenvalue weighted by Gasteiger charge is -2.28. The molecule has 1 rings (SSSR count). The zero-order chi connectivity index (χ0) is 22.2. The van der Waals surface area contributed by atoms with Crippen molar-refractivity contribution in [2.75, 3.05) is 0 Å². The van der Waals surface area contributed by atoms with E-state index in [4.69, 9.17) is 0 Å². The van der Waals surface area contributed by atoms with Crippen molar-refractivity contribution in [3.63, 3.8) is 0 Å². The van der Waals surface area contributed by atoms with Gasteiger partial charge in [-0.15, -0.1) is 0 Å². The van der Waals surface area contributed by atoms with Crippen LogP contribution in [0.4, 0.5) is 0 Å². The molecule has 0 saturated carbocycles. The Labute approximate surface area is 175 Å². The molecule has 0 amide bonds. The Morgan fingerprint density at radius 3 is 1.48 bits per heavy atom. The molecule has 1 aliphatic carbocycles. The average molecular weight is 387 g/mol. The maximum atomic E-state index is 13.1. The van der Waals surface area contributed by atoms with E-state index in [1.165, 1.54) is 0 Å². The molecule has 1 aliphatic rings. The summed E-state index contributed by atoms with van der Waals surface area (Å²) < 4.78 is 0. The van der Waals surface area contributed by atoms with Crippen LogP contribution in [-0.4, -0.2) is 11.6 Å². The van der Waals surface area contributed by atoms with Gasteiger partial charge in [0.15, 0.2) is 0 Å². The summed E-state index contributed by atoms with van der Waals surface area (Å²) in [6, 6.07) is 0. The van der Waals surface area contributed by atoms with E-state index in [1.54, 1.807) is 24.3 Å². The van der Waals surface area contributed by atoms with Crippen molar-refractivity contribution in [3.05, 3.63) is 121 Å². The van der Waals surface area contributed by atoms with E-state index >= 15 is 0 Å². The molecule has 0 aromatic heterocycles. The number of rotatable bonds is 9. The highest BCUT2D eigenvalue weighted by molar-refractivity contribution is 6.51. The third-order valence-electron chi connectivity index (χ3n) is 4.09. The Bertz CT molecular complexity index is 877. The highest BCUT2D eigenvalue weighted by Gasteiger charge is 2.36. The summed E-state index contributed by atoms with van der Waals surface area (Å²) in [5.41, 5.74) is 3.07. The van der Waals surface area contributed by atoms with E-state index in [0.29, 0.717) is 11.1 Å². The Morgan fingerprint density at radius 2 is 1.10 bits per heavy atom. The minimum Gasteiger partial charge on any atom is -0.285 e. The van der Waals surface area contributed by atoms with Gasteiger partial charge in [0.2, 0.25) is 11.6 Å². The van der Waals surface area contributed by atoms with Crippen molar-refractivity contribution < 1.29 is 9.59 Å². The molecule has 29 heavy (non-hydrogen) atoms. The van der Waals surface area contributed by atoms with E-state index in [2.05, 4.69) is 26.3 Å². The third-order valence-corrected chi connectivity index (χ3v) is 4.09. The maximum Gasteiger partial charge on any atom is 0.233 e. The summed E-state index contributed by atoms with van der Waals surface area (Å²) in [5, 5.41) is 0. The minimum atomic E-state index is -0.927. The largest absolute Gasteiger partial charge is 0.285 e. The lowest BCUT2D eigenvalue weighted by atomic mass is 9.73. The normalized spacial score (nSPS) is 17.1. The molecule has 2 nitrogen and oxygen atoms in total. The third kappa shape index (κ3) is 7.00. The minimum absolute atomic E-state index is 0.340. The van der Waals surface area contributed by atoms with Crippen molar-refractivity contribution in [3.8, 4) is 0 Å². The summed E-state index contributed by atoms with van der Waals surface area (Å²) >= 11 is 0. The lowest BCUT2D eigenvalue weighted by Crippen LogP contribution is -2.30. The molecule has 0 aliphatic heterocycles. The number of hydrogen-bond acceptors (Lipinski definition) is 2. The van der Waals surface area contributed by atoms with Gasteiger partial charge in [-0.25, -0.2) is 0 Å². The molecule has 0 fully saturated rings. The Kier molecular flexibility index (Phi) is 8.47. The molecule has 0 aromatic rings. The van der Waals surface area contributed by atoms with Crippen LogP contribution in [0.5, 0.6) is 0 Å². The predicted molar refractivity (Wildman–Crippen MR) is 124 cm³/mol. The smallest absolute Gasteiger partial charge is 0.233 e. The van der Waals surface area contributed by atoms with Crippen LogP contribution in [0.15, 0.2) is 121 Å². The zero-order valence-corrected chi connectivity index (χ0v) is 17.9. The van der Waals surface area contributed by atoms with Crippen molar-refractivity contribution in [2.45, 2.75) is 27.7 Å². The number of carbonyl (C=O) groups excluding carboxylic acids is 2. The van der Waals surface area contributed by atoms with E-state index in [0.717, 1.165) is 22.3 Å². The van der Waals surface area contributed by atoms with Gasteiger partial charge in [-0.3, -0.25) is 9.59 Å². The first kappa shape index (κ1) is 23.8. The fraction of sp³-hybridized carbons (Fsp3) is 0.185. The van der Waals surface area contributed by atoms with Crippen LogP contribution in [0.2, 0.25) is 0 Å². The van der Waals surface area contributed by atoms with Crippen LogP contribution in [0.1, 0.15) is 27.7 Å². The molecule has 150 valence electrons. The predicted octanol–water partition coefficient (Wildman–Crippen LogP) is 6.51. The van der Waals surface area contributed by atoms with Gasteiger partial charge in [0.1, 0.15) is 0 Å². The second-order valence-corrected chi connectivity index (χ2v) is 7.51. The molecule has 0 spiro atoms. The molecule has 0 saturated heterocycles. The first-order valence-electron chi connectivity index (χ1n) is 9.38. The van der Waals surface area contributed by atoms with Crippen molar-refractivity contribution >= 4 is 11.6 Å². The second kappa shape index (κ2) is 10.3. The van der Waals surface area contributed by atoms with Crippen LogP contribution in [0.25, 0.3) is 0 Å². The van der Waals surface area contributed by atoms with Crippen molar-refractivity contribution in [2.24, 2.45) is 5.41 Å². The first-order valence-corrected chi connectivity index (χ1v) is 9.38. The van der Waals surface area contributed by atoms with E-state index in [1.807, 2.05) is 64.2 Å². The van der Waals surface area contributed by atoms with E-state index < -0.39 is 17.0 Å². The summed E-state index contributed by atoms with van der Waals surface area (Å²) in [4.78, 5) is 25.8. The molecular weight excluding hydrogens is 356 g/mol. The summed E-state index contributed by atoms with van der Waals surface area (Å²) in [5.74, 6) is -1.08. The van der Waals surface area contributed by atoms with Crippen LogP contribution in [0, 0.1) is 5.41 Å². The fourth-order valence-corrected chi connectivity index (χ4v) is 2.56. The monoisotopic (exact) mass is 386 g/mol. The van der Waals surface area contributed by atoms with Gasteiger partial charge >= 0.3 is 0 Å². The molecule has 0 bridgehead atoms. The quantitative estimate of drug-likeness (QED) is 0.257. The molecule has 0 radical (unpaired) electrons.